The van der Waals surface area contributed by atoms with Gasteiger partial charge in [0.25, 0.3) is 0 Å². The number of rotatable bonds is 6. The molecule has 6 heteroatoms. The van der Waals surface area contributed by atoms with Crippen molar-refractivity contribution in [3.8, 4) is 5.75 Å². The van der Waals surface area contributed by atoms with Crippen molar-refractivity contribution in [3.63, 3.8) is 0 Å². The molecule has 1 fully saturated rings. The second kappa shape index (κ2) is 9.35. The molecule has 1 unspecified atom stereocenters. The molecule has 0 saturated carbocycles. The number of hydrogen-bond donors (Lipinski definition) is 2. The predicted octanol–water partition coefficient (Wildman–Crippen LogP) is 2.71. The number of para-hydroxylation sites is 2. The molecule has 2 N–H and O–H groups in total. The van der Waals surface area contributed by atoms with E-state index in [-0.39, 0.29) is 0 Å². The molecule has 1 aliphatic heterocycles. The van der Waals surface area contributed by atoms with Crippen LogP contribution in [0.25, 0.3) is 0 Å². The van der Waals surface area contributed by atoms with E-state index < -0.39 is 0 Å². The molecule has 6 nitrogen and oxygen atoms in total. The molecule has 1 saturated heterocycles. The van der Waals surface area contributed by atoms with Gasteiger partial charge in [0.1, 0.15) is 5.75 Å². The van der Waals surface area contributed by atoms with Gasteiger partial charge in [-0.25, -0.2) is 0 Å². The highest BCUT2D eigenvalue weighted by Gasteiger charge is 2.25. The first-order chi connectivity index (χ1) is 13.6. The number of benzene rings is 2. The lowest BCUT2D eigenvalue weighted by atomic mass is 10.2. The minimum Gasteiger partial charge on any atom is -0.495 e. The van der Waals surface area contributed by atoms with E-state index in [2.05, 4.69) is 75.9 Å². The van der Waals surface area contributed by atoms with Crippen molar-refractivity contribution in [2.75, 3.05) is 51.1 Å². The van der Waals surface area contributed by atoms with Crippen molar-refractivity contribution in [1.82, 2.24) is 10.6 Å². The van der Waals surface area contributed by atoms with E-state index in [1.165, 1.54) is 11.3 Å². The Balaban J connectivity index is 1.55. The van der Waals surface area contributed by atoms with Crippen molar-refractivity contribution < 1.29 is 4.74 Å². The maximum atomic E-state index is 5.51. The Kier molecular flexibility index (Phi) is 6.63. The summed E-state index contributed by atoms with van der Waals surface area (Å²) in [4.78, 5) is 8.87. The highest BCUT2D eigenvalue weighted by atomic mass is 16.5. The second-order valence-corrected chi connectivity index (χ2v) is 7.24. The number of nitrogens with one attached hydrogen (secondary N) is 2. The van der Waals surface area contributed by atoms with Crippen molar-refractivity contribution in [3.05, 3.63) is 54.1 Å². The molecule has 0 amide bonds. The fraction of sp³-hybridized carbons (Fsp3) is 0.409. The number of ether oxygens (including phenoxy) is 1. The van der Waals surface area contributed by atoms with Gasteiger partial charge in [0.2, 0.25) is 0 Å². The Morgan fingerprint density at radius 1 is 1.21 bits per heavy atom. The normalized spacial score (nSPS) is 16.8. The van der Waals surface area contributed by atoms with Gasteiger partial charge >= 0.3 is 0 Å². The van der Waals surface area contributed by atoms with Crippen LogP contribution in [0, 0.1) is 0 Å². The monoisotopic (exact) mass is 381 g/mol. The number of guanidine groups is 1. The molecule has 150 valence electrons. The standard InChI is InChI=1S/C22H31N5O/c1-23-22(24-15-17-8-7-9-19(14-17)26(2)3)25-18-12-13-27(16-18)20-10-5-6-11-21(20)28-4/h5-11,14,18H,12-13,15-16H2,1-4H3,(H2,23,24,25). The summed E-state index contributed by atoms with van der Waals surface area (Å²) in [6.45, 7) is 2.67. The highest BCUT2D eigenvalue weighted by Crippen LogP contribution is 2.30. The first-order valence-corrected chi connectivity index (χ1v) is 9.72. The minimum atomic E-state index is 0.351. The highest BCUT2D eigenvalue weighted by molar-refractivity contribution is 5.80. The van der Waals surface area contributed by atoms with Crippen molar-refractivity contribution >= 4 is 17.3 Å². The summed E-state index contributed by atoms with van der Waals surface area (Å²) in [7, 11) is 7.65. The van der Waals surface area contributed by atoms with Crippen LogP contribution in [-0.4, -0.2) is 53.3 Å². The molecule has 28 heavy (non-hydrogen) atoms. The third-order valence-electron chi connectivity index (χ3n) is 5.07. The van der Waals surface area contributed by atoms with Crippen LogP contribution in [-0.2, 0) is 6.54 Å². The summed E-state index contributed by atoms with van der Waals surface area (Å²) in [6.07, 6.45) is 1.06. The van der Waals surface area contributed by atoms with Crippen LogP contribution >= 0.6 is 0 Å². The zero-order chi connectivity index (χ0) is 19.9. The van der Waals surface area contributed by atoms with E-state index in [1.807, 2.05) is 19.2 Å². The van der Waals surface area contributed by atoms with Gasteiger partial charge in [0.05, 0.1) is 12.8 Å². The zero-order valence-electron chi connectivity index (χ0n) is 17.3. The van der Waals surface area contributed by atoms with Gasteiger partial charge in [0.15, 0.2) is 5.96 Å². The molecule has 1 heterocycles. The van der Waals surface area contributed by atoms with E-state index >= 15 is 0 Å². The molecule has 1 atom stereocenters. The second-order valence-electron chi connectivity index (χ2n) is 7.24. The predicted molar refractivity (Wildman–Crippen MR) is 118 cm³/mol. The van der Waals surface area contributed by atoms with Crippen molar-refractivity contribution in [1.29, 1.82) is 0 Å². The first kappa shape index (κ1) is 19.9. The SMILES string of the molecule is CN=C(NCc1cccc(N(C)C)c1)NC1CCN(c2ccccc2OC)C1. The molecular weight excluding hydrogens is 350 g/mol. The van der Waals surface area contributed by atoms with E-state index in [9.17, 15) is 0 Å². The van der Waals surface area contributed by atoms with Crippen LogP contribution in [0.1, 0.15) is 12.0 Å². The van der Waals surface area contributed by atoms with Gasteiger partial charge in [-0.3, -0.25) is 4.99 Å². The van der Waals surface area contributed by atoms with Crippen LogP contribution in [0.15, 0.2) is 53.5 Å². The molecule has 2 aromatic rings. The quantitative estimate of drug-likeness (QED) is 0.595. The van der Waals surface area contributed by atoms with Gasteiger partial charge < -0.3 is 25.2 Å². The van der Waals surface area contributed by atoms with Crippen LogP contribution in [0.2, 0.25) is 0 Å². The van der Waals surface area contributed by atoms with E-state index in [0.717, 1.165) is 43.5 Å². The summed E-state index contributed by atoms with van der Waals surface area (Å²) in [5.74, 6) is 1.76. The van der Waals surface area contributed by atoms with Crippen LogP contribution < -0.4 is 25.2 Å². The number of nitrogens with zero attached hydrogens (tertiary/aromatic N) is 3. The van der Waals surface area contributed by atoms with E-state index in [1.54, 1.807) is 7.11 Å². The molecule has 2 aromatic carbocycles. The molecule has 3 rings (SSSR count). The summed E-state index contributed by atoms with van der Waals surface area (Å²) >= 11 is 0. The van der Waals surface area contributed by atoms with E-state index in [4.69, 9.17) is 4.74 Å². The van der Waals surface area contributed by atoms with Gasteiger partial charge in [-0.05, 0) is 36.2 Å². The zero-order valence-corrected chi connectivity index (χ0v) is 17.3. The summed E-state index contributed by atoms with van der Waals surface area (Å²) in [5.41, 5.74) is 3.58. The first-order valence-electron chi connectivity index (χ1n) is 9.72. The Labute approximate surface area is 168 Å². The van der Waals surface area contributed by atoms with Crippen LogP contribution in [0.5, 0.6) is 5.75 Å². The van der Waals surface area contributed by atoms with Crippen LogP contribution in [0.3, 0.4) is 0 Å². The topological polar surface area (TPSA) is 52.1 Å². The number of anilines is 2. The Bertz CT molecular complexity index is 805. The minimum absolute atomic E-state index is 0.351. The largest absolute Gasteiger partial charge is 0.495 e. The van der Waals surface area contributed by atoms with Gasteiger partial charge in [0, 0.05) is 52.5 Å². The maximum absolute atomic E-state index is 5.51. The third kappa shape index (κ3) is 4.88. The van der Waals surface area contributed by atoms with Gasteiger partial charge in [-0.2, -0.15) is 0 Å². The number of methoxy groups -OCH3 is 1. The van der Waals surface area contributed by atoms with Crippen molar-refractivity contribution in [2.24, 2.45) is 4.99 Å². The summed E-state index contributed by atoms with van der Waals surface area (Å²) in [5, 5.41) is 6.99. The molecular formula is C22H31N5O. The van der Waals surface area contributed by atoms with E-state index in [0.29, 0.717) is 6.04 Å². The number of aliphatic imine (C=N–C) groups is 1. The fourth-order valence-corrected chi connectivity index (χ4v) is 3.51. The summed E-state index contributed by atoms with van der Waals surface area (Å²) < 4.78 is 5.51. The summed E-state index contributed by atoms with van der Waals surface area (Å²) in [6, 6.07) is 17.1. The molecule has 0 aliphatic carbocycles. The average Bonchev–Trinajstić information content (AvgIpc) is 3.19. The third-order valence-corrected chi connectivity index (χ3v) is 5.07. The molecule has 0 spiro atoms. The van der Waals surface area contributed by atoms with Crippen LogP contribution in [0.4, 0.5) is 11.4 Å². The lowest BCUT2D eigenvalue weighted by molar-refractivity contribution is 0.415. The Morgan fingerprint density at radius 3 is 2.79 bits per heavy atom. The lowest BCUT2D eigenvalue weighted by Crippen LogP contribution is -2.44. The Hall–Kier alpha value is -2.89. The average molecular weight is 382 g/mol. The molecule has 1 aliphatic rings. The lowest BCUT2D eigenvalue weighted by Gasteiger charge is -2.22. The number of hydrogen-bond acceptors (Lipinski definition) is 4. The molecule has 0 radical (unpaired) electrons. The maximum Gasteiger partial charge on any atom is 0.191 e. The Morgan fingerprint density at radius 2 is 2.04 bits per heavy atom. The van der Waals surface area contributed by atoms with Crippen molar-refractivity contribution in [2.45, 2.75) is 19.0 Å². The fourth-order valence-electron chi connectivity index (χ4n) is 3.51. The van der Waals surface area contributed by atoms with Gasteiger partial charge in [-0.15, -0.1) is 0 Å². The smallest absolute Gasteiger partial charge is 0.191 e. The molecule has 0 bridgehead atoms. The van der Waals surface area contributed by atoms with Gasteiger partial charge in [-0.1, -0.05) is 24.3 Å². The molecule has 0 aromatic heterocycles.